The molecular weight excluding hydrogens is 328 g/mol. The van der Waals surface area contributed by atoms with Crippen LogP contribution in [0.1, 0.15) is 37.0 Å². The Morgan fingerprint density at radius 3 is 2.21 bits per heavy atom. The number of Topliss-reactive ketones (excluding diaryl/α,β-unsaturated/α-hetero) is 1. The van der Waals surface area contributed by atoms with Crippen LogP contribution >= 0.6 is 0 Å². The Kier molecular flexibility index (Phi) is 5.86. The number of carbonyl (C=O) groups excluding carboxylic acids is 1. The second kappa shape index (κ2) is 7.87. The Balaban J connectivity index is 2.00. The van der Waals surface area contributed by atoms with Gasteiger partial charge in [0.25, 0.3) is 0 Å². The molecule has 1 aromatic heterocycles. The summed E-state index contributed by atoms with van der Waals surface area (Å²) in [6.07, 6.45) is 1.40. The Hall–Kier alpha value is -2.48. The molecule has 0 saturated heterocycles. The van der Waals surface area contributed by atoms with Gasteiger partial charge in [0.2, 0.25) is 10.0 Å². The normalized spacial score (nSPS) is 11.1. The SMILES string of the molecule is CCCCS(=O)(=O)Nc1ccc(Nc2ccc(C(C)=O)cc2)nn1. The third kappa shape index (κ3) is 5.31. The number of nitrogens with zero attached hydrogens (tertiary/aromatic N) is 2. The molecule has 0 fully saturated rings. The van der Waals surface area contributed by atoms with E-state index >= 15 is 0 Å². The first kappa shape index (κ1) is 17.9. The van der Waals surface area contributed by atoms with Gasteiger partial charge in [-0.15, -0.1) is 10.2 Å². The van der Waals surface area contributed by atoms with E-state index in [9.17, 15) is 13.2 Å². The lowest BCUT2D eigenvalue weighted by Crippen LogP contribution is -2.17. The quantitative estimate of drug-likeness (QED) is 0.711. The van der Waals surface area contributed by atoms with Gasteiger partial charge in [-0.3, -0.25) is 9.52 Å². The number of hydrogen-bond acceptors (Lipinski definition) is 6. The van der Waals surface area contributed by atoms with Gasteiger partial charge in [0.05, 0.1) is 5.75 Å². The molecule has 0 aliphatic rings. The fraction of sp³-hybridized carbons (Fsp3) is 0.312. The van der Waals surface area contributed by atoms with Crippen molar-refractivity contribution in [3.05, 3.63) is 42.0 Å². The monoisotopic (exact) mass is 348 g/mol. The number of anilines is 3. The molecule has 1 aromatic carbocycles. The van der Waals surface area contributed by atoms with Crippen LogP contribution in [0.3, 0.4) is 0 Å². The molecule has 128 valence electrons. The number of nitrogens with one attached hydrogen (secondary N) is 2. The minimum atomic E-state index is -3.39. The molecule has 2 aromatic rings. The minimum Gasteiger partial charge on any atom is -0.339 e. The summed E-state index contributed by atoms with van der Waals surface area (Å²) in [6.45, 7) is 3.44. The molecule has 0 radical (unpaired) electrons. The van der Waals surface area contributed by atoms with Crippen LogP contribution in [0.5, 0.6) is 0 Å². The molecule has 1 heterocycles. The molecule has 8 heteroatoms. The maximum atomic E-state index is 11.8. The van der Waals surface area contributed by atoms with Gasteiger partial charge in [0.15, 0.2) is 17.4 Å². The predicted octanol–water partition coefficient (Wildman–Crippen LogP) is 2.96. The summed E-state index contributed by atoms with van der Waals surface area (Å²) in [5.41, 5.74) is 1.38. The van der Waals surface area contributed by atoms with E-state index in [1.807, 2.05) is 6.92 Å². The summed E-state index contributed by atoms with van der Waals surface area (Å²) in [5, 5.41) is 10.8. The molecule has 0 atom stereocenters. The van der Waals surface area contributed by atoms with E-state index in [2.05, 4.69) is 20.2 Å². The van der Waals surface area contributed by atoms with Gasteiger partial charge in [0, 0.05) is 11.3 Å². The smallest absolute Gasteiger partial charge is 0.233 e. The minimum absolute atomic E-state index is 0.000973. The van der Waals surface area contributed by atoms with Crippen LogP contribution in [0, 0.1) is 0 Å². The van der Waals surface area contributed by atoms with Gasteiger partial charge in [-0.05, 0) is 49.7 Å². The number of aromatic nitrogens is 2. The van der Waals surface area contributed by atoms with Crippen molar-refractivity contribution < 1.29 is 13.2 Å². The van der Waals surface area contributed by atoms with Crippen molar-refractivity contribution in [2.45, 2.75) is 26.7 Å². The molecule has 0 amide bonds. The lowest BCUT2D eigenvalue weighted by atomic mass is 10.1. The highest BCUT2D eigenvalue weighted by atomic mass is 32.2. The van der Waals surface area contributed by atoms with Crippen LogP contribution in [-0.2, 0) is 10.0 Å². The van der Waals surface area contributed by atoms with Crippen molar-refractivity contribution in [3.8, 4) is 0 Å². The number of benzene rings is 1. The van der Waals surface area contributed by atoms with E-state index in [0.717, 1.165) is 12.1 Å². The summed E-state index contributed by atoms with van der Waals surface area (Å²) >= 11 is 0. The number of rotatable bonds is 8. The molecule has 7 nitrogen and oxygen atoms in total. The zero-order valence-corrected chi connectivity index (χ0v) is 14.4. The third-order valence-electron chi connectivity index (χ3n) is 3.26. The number of hydrogen-bond donors (Lipinski definition) is 2. The summed E-state index contributed by atoms with van der Waals surface area (Å²) < 4.78 is 26.0. The molecule has 24 heavy (non-hydrogen) atoms. The first-order chi connectivity index (χ1) is 11.4. The number of sulfonamides is 1. The van der Waals surface area contributed by atoms with Crippen LogP contribution in [0.4, 0.5) is 17.3 Å². The van der Waals surface area contributed by atoms with Gasteiger partial charge < -0.3 is 5.32 Å². The number of unbranched alkanes of at least 4 members (excludes halogenated alkanes) is 1. The highest BCUT2D eigenvalue weighted by Crippen LogP contribution is 2.16. The second-order valence-electron chi connectivity index (χ2n) is 5.34. The average Bonchev–Trinajstić information content (AvgIpc) is 2.55. The van der Waals surface area contributed by atoms with Crippen molar-refractivity contribution in [1.82, 2.24) is 10.2 Å². The van der Waals surface area contributed by atoms with E-state index < -0.39 is 10.0 Å². The van der Waals surface area contributed by atoms with Crippen molar-refractivity contribution in [2.24, 2.45) is 0 Å². The maximum Gasteiger partial charge on any atom is 0.233 e. The van der Waals surface area contributed by atoms with Crippen LogP contribution < -0.4 is 10.0 Å². The summed E-state index contributed by atoms with van der Waals surface area (Å²) in [6, 6.07) is 10.1. The average molecular weight is 348 g/mol. The van der Waals surface area contributed by atoms with Gasteiger partial charge in [0.1, 0.15) is 0 Å². The largest absolute Gasteiger partial charge is 0.339 e. The zero-order valence-electron chi connectivity index (χ0n) is 13.6. The third-order valence-corrected chi connectivity index (χ3v) is 4.60. The molecule has 2 rings (SSSR count). The highest BCUT2D eigenvalue weighted by Gasteiger charge is 2.10. The molecule has 2 N–H and O–H groups in total. The molecule has 0 spiro atoms. The molecular formula is C16H20N4O3S. The molecule has 0 aliphatic carbocycles. The molecule has 0 unspecified atom stereocenters. The van der Waals surface area contributed by atoms with Crippen LogP contribution in [0.25, 0.3) is 0 Å². The van der Waals surface area contributed by atoms with Crippen molar-refractivity contribution in [1.29, 1.82) is 0 Å². The van der Waals surface area contributed by atoms with Gasteiger partial charge in [-0.2, -0.15) is 0 Å². The fourth-order valence-corrected chi connectivity index (χ4v) is 3.13. The number of carbonyl (C=O) groups is 1. The lowest BCUT2D eigenvalue weighted by molar-refractivity contribution is 0.101. The first-order valence-corrected chi connectivity index (χ1v) is 9.27. The highest BCUT2D eigenvalue weighted by molar-refractivity contribution is 7.92. The summed E-state index contributed by atoms with van der Waals surface area (Å²) in [7, 11) is -3.39. The summed E-state index contributed by atoms with van der Waals surface area (Å²) in [4.78, 5) is 11.2. The lowest BCUT2D eigenvalue weighted by Gasteiger charge is -2.08. The van der Waals surface area contributed by atoms with Crippen LogP contribution in [-0.4, -0.2) is 30.2 Å². The standard InChI is InChI=1S/C16H20N4O3S/c1-3-4-11-24(22,23)20-16-10-9-15(18-19-16)17-14-7-5-13(6-8-14)12(2)21/h5-10H,3-4,11H2,1-2H3,(H,17,18)(H,19,20). The van der Waals surface area contributed by atoms with Crippen molar-refractivity contribution in [3.63, 3.8) is 0 Å². The number of ketones is 1. The van der Waals surface area contributed by atoms with E-state index in [1.54, 1.807) is 36.4 Å². The van der Waals surface area contributed by atoms with E-state index in [0.29, 0.717) is 17.8 Å². The fourth-order valence-electron chi connectivity index (χ4n) is 1.93. The molecule has 0 aliphatic heterocycles. The van der Waals surface area contributed by atoms with Crippen LogP contribution in [0.15, 0.2) is 36.4 Å². The summed E-state index contributed by atoms with van der Waals surface area (Å²) in [5.74, 6) is 0.722. The molecule has 0 saturated carbocycles. The maximum absolute atomic E-state index is 11.8. The van der Waals surface area contributed by atoms with E-state index in [4.69, 9.17) is 0 Å². The van der Waals surface area contributed by atoms with E-state index in [1.165, 1.54) is 6.92 Å². The van der Waals surface area contributed by atoms with Gasteiger partial charge in [-0.25, -0.2) is 8.42 Å². The Bertz CT molecular complexity index is 787. The second-order valence-corrected chi connectivity index (χ2v) is 7.18. The first-order valence-electron chi connectivity index (χ1n) is 7.62. The Morgan fingerprint density at radius 2 is 1.67 bits per heavy atom. The Morgan fingerprint density at radius 1 is 1.04 bits per heavy atom. The topological polar surface area (TPSA) is 101 Å². The van der Waals surface area contributed by atoms with E-state index in [-0.39, 0.29) is 17.4 Å². The predicted molar refractivity (Wildman–Crippen MR) is 94.1 cm³/mol. The van der Waals surface area contributed by atoms with Gasteiger partial charge in [-0.1, -0.05) is 13.3 Å². The zero-order chi connectivity index (χ0) is 17.6. The van der Waals surface area contributed by atoms with Crippen molar-refractivity contribution in [2.75, 3.05) is 15.8 Å². The molecule has 0 bridgehead atoms. The Labute approximate surface area is 141 Å². The van der Waals surface area contributed by atoms with Crippen molar-refractivity contribution >= 4 is 33.1 Å². The van der Waals surface area contributed by atoms with Gasteiger partial charge >= 0.3 is 0 Å². The van der Waals surface area contributed by atoms with Crippen LogP contribution in [0.2, 0.25) is 0 Å².